The van der Waals surface area contributed by atoms with Gasteiger partial charge in [0, 0.05) is 12.7 Å². The van der Waals surface area contributed by atoms with E-state index in [1.807, 2.05) is 0 Å². The first-order valence-electron chi connectivity index (χ1n) is 5.19. The Kier molecular flexibility index (Phi) is 2.83. The van der Waals surface area contributed by atoms with Crippen LogP contribution in [0.3, 0.4) is 0 Å². The molecule has 1 aromatic carbocycles. The molecule has 1 unspecified atom stereocenters. The molecule has 6 nitrogen and oxygen atoms in total. The number of hydrogen-bond acceptors (Lipinski definition) is 4. The quantitative estimate of drug-likeness (QED) is 0.365. The molecule has 1 aromatic rings. The van der Waals surface area contributed by atoms with Crippen LogP contribution in [0.4, 0.5) is 5.69 Å². The summed E-state index contributed by atoms with van der Waals surface area (Å²) in [7, 11) is 1.45. The van der Waals surface area contributed by atoms with Crippen LogP contribution in [-0.2, 0) is 16.0 Å². The van der Waals surface area contributed by atoms with E-state index >= 15 is 0 Å². The van der Waals surface area contributed by atoms with Crippen molar-refractivity contribution in [3.63, 3.8) is 0 Å². The highest BCUT2D eigenvalue weighted by Crippen LogP contribution is 2.26. The standard InChI is InChI=1S/C11H14N4O2/c1-15(13)11(17)10(12)6-2-3-8-7(4-6)5-9(16)14-8/h2-4,10H,5,12-13H2,1H3,(H,14,16). The number of nitrogens with zero attached hydrogens (tertiary/aromatic N) is 1. The van der Waals surface area contributed by atoms with Gasteiger partial charge in [-0.15, -0.1) is 0 Å². The zero-order chi connectivity index (χ0) is 12.6. The molecular weight excluding hydrogens is 220 g/mol. The van der Waals surface area contributed by atoms with Crippen molar-refractivity contribution in [2.24, 2.45) is 11.6 Å². The number of carbonyl (C=O) groups is 2. The summed E-state index contributed by atoms with van der Waals surface area (Å²) < 4.78 is 0. The fraction of sp³-hybridized carbons (Fsp3) is 0.273. The molecule has 6 heteroatoms. The van der Waals surface area contributed by atoms with Gasteiger partial charge in [-0.2, -0.15) is 0 Å². The lowest BCUT2D eigenvalue weighted by atomic mass is 10.0. The van der Waals surface area contributed by atoms with Gasteiger partial charge in [0.2, 0.25) is 5.91 Å². The topological polar surface area (TPSA) is 101 Å². The number of benzene rings is 1. The molecule has 0 fully saturated rings. The molecule has 0 aliphatic carbocycles. The molecule has 1 heterocycles. The van der Waals surface area contributed by atoms with Crippen LogP contribution in [0.1, 0.15) is 17.2 Å². The largest absolute Gasteiger partial charge is 0.326 e. The van der Waals surface area contributed by atoms with Gasteiger partial charge in [-0.1, -0.05) is 12.1 Å². The Bertz CT molecular complexity index is 484. The number of likely N-dealkylation sites (N-methyl/N-ethyl adjacent to an activating group) is 1. The molecule has 0 saturated heterocycles. The van der Waals surface area contributed by atoms with E-state index in [9.17, 15) is 9.59 Å². The number of anilines is 1. The van der Waals surface area contributed by atoms with E-state index < -0.39 is 6.04 Å². The van der Waals surface area contributed by atoms with Crippen LogP contribution in [0.25, 0.3) is 0 Å². The predicted octanol–water partition coefficient (Wildman–Crippen LogP) is -0.487. The molecule has 0 saturated carbocycles. The lowest BCUT2D eigenvalue weighted by molar-refractivity contribution is -0.131. The third-order valence-electron chi connectivity index (χ3n) is 2.73. The van der Waals surface area contributed by atoms with Crippen molar-refractivity contribution in [2.75, 3.05) is 12.4 Å². The first kappa shape index (κ1) is 11.6. The lowest BCUT2D eigenvalue weighted by Crippen LogP contribution is -2.40. The van der Waals surface area contributed by atoms with E-state index in [1.54, 1.807) is 18.2 Å². The van der Waals surface area contributed by atoms with Gasteiger partial charge in [0.25, 0.3) is 5.91 Å². The van der Waals surface area contributed by atoms with Crippen LogP contribution in [0.15, 0.2) is 18.2 Å². The highest BCUT2D eigenvalue weighted by molar-refractivity contribution is 5.99. The van der Waals surface area contributed by atoms with Crippen LogP contribution in [0, 0.1) is 0 Å². The second kappa shape index (κ2) is 4.15. The molecule has 5 N–H and O–H groups in total. The number of hydrogen-bond donors (Lipinski definition) is 3. The van der Waals surface area contributed by atoms with E-state index in [4.69, 9.17) is 11.6 Å². The molecule has 17 heavy (non-hydrogen) atoms. The Balaban J connectivity index is 2.27. The zero-order valence-electron chi connectivity index (χ0n) is 9.43. The second-order valence-corrected chi connectivity index (χ2v) is 4.07. The summed E-state index contributed by atoms with van der Waals surface area (Å²) in [4.78, 5) is 22.8. The number of nitrogens with two attached hydrogens (primary N) is 2. The molecule has 90 valence electrons. The summed E-state index contributed by atoms with van der Waals surface area (Å²) in [6, 6.07) is 4.43. The average molecular weight is 234 g/mol. The highest BCUT2D eigenvalue weighted by atomic mass is 16.2. The Labute approximate surface area is 98.5 Å². The molecule has 2 amide bonds. The van der Waals surface area contributed by atoms with Gasteiger partial charge in [-0.3, -0.25) is 14.6 Å². The first-order valence-corrected chi connectivity index (χ1v) is 5.19. The fourth-order valence-corrected chi connectivity index (χ4v) is 1.80. The van der Waals surface area contributed by atoms with E-state index in [0.29, 0.717) is 12.0 Å². The van der Waals surface area contributed by atoms with Gasteiger partial charge in [0.05, 0.1) is 6.42 Å². The smallest absolute Gasteiger partial charge is 0.257 e. The number of nitrogens with one attached hydrogen (secondary N) is 1. The van der Waals surface area contributed by atoms with Crippen molar-refractivity contribution in [3.8, 4) is 0 Å². The molecule has 0 aromatic heterocycles. The van der Waals surface area contributed by atoms with Crippen molar-refractivity contribution in [1.82, 2.24) is 5.01 Å². The highest BCUT2D eigenvalue weighted by Gasteiger charge is 2.22. The van der Waals surface area contributed by atoms with Gasteiger partial charge in [-0.05, 0) is 17.2 Å². The maximum Gasteiger partial charge on any atom is 0.257 e. The minimum atomic E-state index is -0.800. The maximum atomic E-state index is 11.6. The number of fused-ring (bicyclic) bond motifs is 1. The minimum Gasteiger partial charge on any atom is -0.326 e. The lowest BCUT2D eigenvalue weighted by Gasteiger charge is -2.17. The molecule has 0 bridgehead atoms. The summed E-state index contributed by atoms with van der Waals surface area (Å²) >= 11 is 0. The SMILES string of the molecule is CN(N)C(=O)C(N)c1ccc2c(c1)CC(=O)N2. The van der Waals surface area contributed by atoms with Crippen molar-refractivity contribution in [3.05, 3.63) is 29.3 Å². The minimum absolute atomic E-state index is 0.0482. The van der Waals surface area contributed by atoms with Gasteiger partial charge in [-0.25, -0.2) is 5.84 Å². The van der Waals surface area contributed by atoms with Crippen LogP contribution >= 0.6 is 0 Å². The Morgan fingerprint density at radius 3 is 2.88 bits per heavy atom. The van der Waals surface area contributed by atoms with E-state index in [0.717, 1.165) is 16.3 Å². The van der Waals surface area contributed by atoms with E-state index in [1.165, 1.54) is 7.05 Å². The zero-order valence-corrected chi connectivity index (χ0v) is 9.43. The molecule has 1 atom stereocenters. The molecule has 2 rings (SSSR count). The van der Waals surface area contributed by atoms with Gasteiger partial charge in [0.15, 0.2) is 0 Å². The Morgan fingerprint density at radius 2 is 2.24 bits per heavy atom. The monoisotopic (exact) mass is 234 g/mol. The van der Waals surface area contributed by atoms with Crippen LogP contribution in [0.5, 0.6) is 0 Å². The van der Waals surface area contributed by atoms with E-state index in [2.05, 4.69) is 5.32 Å². The fourth-order valence-electron chi connectivity index (χ4n) is 1.80. The van der Waals surface area contributed by atoms with Crippen LogP contribution in [0.2, 0.25) is 0 Å². The summed E-state index contributed by atoms with van der Waals surface area (Å²) in [6.07, 6.45) is 0.322. The third-order valence-corrected chi connectivity index (χ3v) is 2.73. The summed E-state index contributed by atoms with van der Waals surface area (Å²) in [6.45, 7) is 0. The molecule has 0 spiro atoms. The number of carbonyl (C=O) groups excluding carboxylic acids is 2. The molecular formula is C11H14N4O2. The summed E-state index contributed by atoms with van der Waals surface area (Å²) in [5.74, 6) is 4.93. The number of rotatable bonds is 2. The normalized spacial score (nSPS) is 15.1. The summed E-state index contributed by atoms with van der Waals surface area (Å²) in [5, 5.41) is 3.68. The molecule has 1 aliphatic heterocycles. The first-order chi connectivity index (χ1) is 7.99. The average Bonchev–Trinajstić information content (AvgIpc) is 2.65. The van der Waals surface area contributed by atoms with Crippen molar-refractivity contribution in [2.45, 2.75) is 12.5 Å². The summed E-state index contributed by atoms with van der Waals surface area (Å²) in [5.41, 5.74) is 8.08. The maximum absolute atomic E-state index is 11.6. The van der Waals surface area contributed by atoms with Crippen LogP contribution < -0.4 is 16.9 Å². The van der Waals surface area contributed by atoms with Gasteiger partial charge in [0.1, 0.15) is 6.04 Å². The molecule has 1 aliphatic rings. The third kappa shape index (κ3) is 2.13. The van der Waals surface area contributed by atoms with Crippen LogP contribution in [-0.4, -0.2) is 23.9 Å². The Morgan fingerprint density at radius 1 is 1.53 bits per heavy atom. The van der Waals surface area contributed by atoms with Gasteiger partial charge >= 0.3 is 0 Å². The second-order valence-electron chi connectivity index (χ2n) is 4.07. The number of amides is 2. The van der Waals surface area contributed by atoms with Crippen molar-refractivity contribution in [1.29, 1.82) is 0 Å². The Hall–Kier alpha value is -1.92. The van der Waals surface area contributed by atoms with Crippen molar-refractivity contribution >= 4 is 17.5 Å². The molecule has 0 radical (unpaired) electrons. The van der Waals surface area contributed by atoms with Gasteiger partial charge < -0.3 is 11.1 Å². The van der Waals surface area contributed by atoms with Crippen molar-refractivity contribution < 1.29 is 9.59 Å². The number of hydrazine groups is 1. The predicted molar refractivity (Wildman–Crippen MR) is 62.7 cm³/mol. The van der Waals surface area contributed by atoms with E-state index in [-0.39, 0.29) is 11.8 Å².